The van der Waals surface area contributed by atoms with Gasteiger partial charge in [0.15, 0.2) is 11.6 Å². The molecule has 1 aromatic carbocycles. The van der Waals surface area contributed by atoms with Gasteiger partial charge in [-0.15, -0.1) is 0 Å². The number of rotatable bonds is 6. The maximum Gasteiger partial charge on any atom is 0.315 e. The predicted molar refractivity (Wildman–Crippen MR) is 76.8 cm³/mol. The van der Waals surface area contributed by atoms with E-state index in [1.165, 1.54) is 6.07 Å². The highest BCUT2D eigenvalue weighted by Crippen LogP contribution is 2.23. The van der Waals surface area contributed by atoms with E-state index in [1.54, 1.807) is 0 Å². The van der Waals surface area contributed by atoms with E-state index >= 15 is 0 Å². The summed E-state index contributed by atoms with van der Waals surface area (Å²) in [6.45, 7) is 5.43. The zero-order valence-electron chi connectivity index (χ0n) is 12.5. The van der Waals surface area contributed by atoms with Crippen LogP contribution in [0.15, 0.2) is 18.2 Å². The van der Waals surface area contributed by atoms with Crippen molar-refractivity contribution in [1.29, 1.82) is 0 Å². The molecule has 0 aliphatic heterocycles. The lowest BCUT2D eigenvalue weighted by Crippen LogP contribution is -2.45. The quantitative estimate of drug-likeness (QED) is 0.756. The van der Waals surface area contributed by atoms with Crippen LogP contribution < -0.4 is 10.6 Å². The van der Waals surface area contributed by atoms with Crippen LogP contribution in [0.25, 0.3) is 0 Å². The summed E-state index contributed by atoms with van der Waals surface area (Å²) in [6, 6.07) is 2.36. The second kappa shape index (κ2) is 7.93. The van der Waals surface area contributed by atoms with Gasteiger partial charge in [-0.05, 0) is 30.0 Å². The minimum Gasteiger partial charge on any atom is -0.394 e. The van der Waals surface area contributed by atoms with Crippen LogP contribution in [0.5, 0.6) is 0 Å². The molecule has 0 aromatic heterocycles. The summed E-state index contributed by atoms with van der Waals surface area (Å²) in [5.74, 6) is -1.87. The van der Waals surface area contributed by atoms with Gasteiger partial charge in [0.1, 0.15) is 0 Å². The Morgan fingerprint density at radius 3 is 2.38 bits per heavy atom. The Hall–Kier alpha value is -1.69. The standard InChI is InChI=1S/C15H22F2N2O2/c1-4-11(8-20)18-15(21)19-14(9(2)3)10-5-6-12(16)13(17)7-10/h5-7,9,11,14,20H,4,8H2,1-3H3,(H2,18,19,21)/t11-,14+/m0/s1. The highest BCUT2D eigenvalue weighted by atomic mass is 19.2. The van der Waals surface area contributed by atoms with E-state index in [9.17, 15) is 13.6 Å². The van der Waals surface area contributed by atoms with Crippen molar-refractivity contribution in [3.8, 4) is 0 Å². The number of aliphatic hydroxyl groups excluding tert-OH is 1. The number of benzene rings is 1. The second-order valence-electron chi connectivity index (χ2n) is 5.30. The Balaban J connectivity index is 2.82. The van der Waals surface area contributed by atoms with Crippen LogP contribution in [0.2, 0.25) is 0 Å². The topological polar surface area (TPSA) is 61.4 Å². The van der Waals surface area contributed by atoms with Crippen LogP contribution >= 0.6 is 0 Å². The van der Waals surface area contributed by atoms with Crippen LogP contribution in [0.4, 0.5) is 13.6 Å². The molecule has 0 heterocycles. The van der Waals surface area contributed by atoms with E-state index in [0.717, 1.165) is 12.1 Å². The van der Waals surface area contributed by atoms with Gasteiger partial charge < -0.3 is 15.7 Å². The average molecular weight is 300 g/mol. The first-order chi connectivity index (χ1) is 9.88. The first-order valence-electron chi connectivity index (χ1n) is 7.01. The molecule has 6 heteroatoms. The summed E-state index contributed by atoms with van der Waals surface area (Å²) >= 11 is 0. The van der Waals surface area contributed by atoms with Crippen LogP contribution in [-0.2, 0) is 0 Å². The van der Waals surface area contributed by atoms with E-state index < -0.39 is 23.7 Å². The maximum absolute atomic E-state index is 13.3. The molecule has 0 spiro atoms. The number of carbonyl (C=O) groups excluding carboxylic acids is 1. The number of halogens is 2. The molecule has 1 rings (SSSR count). The number of hydrogen-bond donors (Lipinski definition) is 3. The Kier molecular flexibility index (Phi) is 6.55. The average Bonchev–Trinajstić information content (AvgIpc) is 2.45. The van der Waals surface area contributed by atoms with Gasteiger partial charge in [0.2, 0.25) is 0 Å². The molecule has 0 radical (unpaired) electrons. The van der Waals surface area contributed by atoms with Gasteiger partial charge in [0, 0.05) is 0 Å². The molecule has 2 atom stereocenters. The summed E-state index contributed by atoms with van der Waals surface area (Å²) in [5, 5.41) is 14.4. The third-order valence-corrected chi connectivity index (χ3v) is 3.30. The van der Waals surface area contributed by atoms with Crippen molar-refractivity contribution in [2.24, 2.45) is 5.92 Å². The van der Waals surface area contributed by atoms with Crippen molar-refractivity contribution in [2.75, 3.05) is 6.61 Å². The summed E-state index contributed by atoms with van der Waals surface area (Å²) in [4.78, 5) is 11.9. The molecular weight excluding hydrogens is 278 g/mol. The van der Waals surface area contributed by atoms with E-state index in [1.807, 2.05) is 20.8 Å². The van der Waals surface area contributed by atoms with E-state index in [-0.39, 0.29) is 18.6 Å². The third-order valence-electron chi connectivity index (χ3n) is 3.30. The summed E-state index contributed by atoms with van der Waals surface area (Å²) < 4.78 is 26.3. The number of hydrogen-bond acceptors (Lipinski definition) is 2. The molecule has 0 bridgehead atoms. The SMILES string of the molecule is CC[C@@H](CO)NC(=O)N[C@@H](c1ccc(F)c(F)c1)C(C)C. The lowest BCUT2D eigenvalue weighted by Gasteiger charge is -2.24. The van der Waals surface area contributed by atoms with Crippen LogP contribution in [0, 0.1) is 17.6 Å². The first kappa shape index (κ1) is 17.4. The minimum atomic E-state index is -0.942. The first-order valence-corrected chi connectivity index (χ1v) is 7.01. The number of urea groups is 1. The molecule has 2 amide bonds. The Morgan fingerprint density at radius 2 is 1.90 bits per heavy atom. The highest BCUT2D eigenvalue weighted by Gasteiger charge is 2.20. The summed E-state index contributed by atoms with van der Waals surface area (Å²) in [5.41, 5.74) is 0.496. The number of aliphatic hydroxyl groups is 1. The van der Waals surface area contributed by atoms with Gasteiger partial charge in [-0.3, -0.25) is 0 Å². The Morgan fingerprint density at radius 1 is 1.24 bits per heavy atom. The Labute approximate surface area is 123 Å². The molecule has 0 aliphatic carbocycles. The minimum absolute atomic E-state index is 0.00480. The molecule has 0 aliphatic rings. The van der Waals surface area contributed by atoms with Crippen molar-refractivity contribution in [3.05, 3.63) is 35.4 Å². The molecule has 118 valence electrons. The van der Waals surface area contributed by atoms with Gasteiger partial charge in [-0.2, -0.15) is 0 Å². The van der Waals surface area contributed by atoms with Crippen LogP contribution in [0.1, 0.15) is 38.8 Å². The molecule has 21 heavy (non-hydrogen) atoms. The normalized spacial score (nSPS) is 13.9. The largest absolute Gasteiger partial charge is 0.394 e. The molecular formula is C15H22F2N2O2. The van der Waals surface area contributed by atoms with E-state index in [2.05, 4.69) is 10.6 Å². The smallest absolute Gasteiger partial charge is 0.315 e. The number of nitrogens with one attached hydrogen (secondary N) is 2. The highest BCUT2D eigenvalue weighted by molar-refractivity contribution is 5.74. The third kappa shape index (κ3) is 4.97. The monoisotopic (exact) mass is 300 g/mol. The van der Waals surface area contributed by atoms with Gasteiger partial charge in [0.25, 0.3) is 0 Å². The van der Waals surface area contributed by atoms with Gasteiger partial charge in [-0.25, -0.2) is 13.6 Å². The summed E-state index contributed by atoms with van der Waals surface area (Å²) in [6.07, 6.45) is 0.599. The number of amides is 2. The van der Waals surface area contributed by atoms with Crippen LogP contribution in [0.3, 0.4) is 0 Å². The Bertz CT molecular complexity index is 477. The summed E-state index contributed by atoms with van der Waals surface area (Å²) in [7, 11) is 0. The molecule has 0 unspecified atom stereocenters. The van der Waals surface area contributed by atoms with Gasteiger partial charge in [0.05, 0.1) is 18.7 Å². The molecule has 4 nitrogen and oxygen atoms in total. The van der Waals surface area contributed by atoms with E-state index in [0.29, 0.717) is 12.0 Å². The van der Waals surface area contributed by atoms with Gasteiger partial charge >= 0.3 is 6.03 Å². The molecule has 3 N–H and O–H groups in total. The molecule has 0 fully saturated rings. The van der Waals surface area contributed by atoms with E-state index in [4.69, 9.17) is 5.11 Å². The number of carbonyl (C=O) groups is 1. The molecule has 0 saturated heterocycles. The maximum atomic E-state index is 13.3. The fourth-order valence-electron chi connectivity index (χ4n) is 1.99. The van der Waals surface area contributed by atoms with Crippen molar-refractivity contribution >= 4 is 6.03 Å². The van der Waals surface area contributed by atoms with Crippen LogP contribution in [-0.4, -0.2) is 23.8 Å². The predicted octanol–water partition coefficient (Wildman–Crippen LogP) is 2.73. The fourth-order valence-corrected chi connectivity index (χ4v) is 1.99. The second-order valence-corrected chi connectivity index (χ2v) is 5.30. The van der Waals surface area contributed by atoms with Crippen molar-refractivity contribution < 1.29 is 18.7 Å². The zero-order chi connectivity index (χ0) is 16.0. The van der Waals surface area contributed by atoms with Crippen molar-refractivity contribution in [2.45, 2.75) is 39.3 Å². The van der Waals surface area contributed by atoms with Crippen molar-refractivity contribution in [3.63, 3.8) is 0 Å². The molecule has 0 saturated carbocycles. The lowest BCUT2D eigenvalue weighted by atomic mass is 9.96. The lowest BCUT2D eigenvalue weighted by molar-refractivity contribution is 0.209. The fraction of sp³-hybridized carbons (Fsp3) is 0.533. The van der Waals surface area contributed by atoms with Gasteiger partial charge in [-0.1, -0.05) is 26.8 Å². The zero-order valence-corrected chi connectivity index (χ0v) is 12.5. The van der Waals surface area contributed by atoms with Crippen molar-refractivity contribution in [1.82, 2.24) is 10.6 Å². The molecule has 1 aromatic rings.